The lowest BCUT2D eigenvalue weighted by atomic mass is 10.2. The van der Waals surface area contributed by atoms with Crippen LogP contribution in [0, 0.1) is 0 Å². The highest BCUT2D eigenvalue weighted by molar-refractivity contribution is 7.98. The maximum Gasteiger partial charge on any atom is 0.247 e. The highest BCUT2D eigenvalue weighted by Gasteiger charge is 2.14. The fourth-order valence-electron chi connectivity index (χ4n) is 2.61. The Morgan fingerprint density at radius 2 is 2.00 bits per heavy atom. The number of aromatic amines is 1. The van der Waals surface area contributed by atoms with Gasteiger partial charge < -0.3 is 13.9 Å². The molecule has 2 aromatic carbocycles. The molecule has 0 spiro atoms. The van der Waals surface area contributed by atoms with Crippen molar-refractivity contribution in [1.29, 1.82) is 0 Å². The van der Waals surface area contributed by atoms with Gasteiger partial charge in [0.1, 0.15) is 11.5 Å². The Hall–Kier alpha value is -3.04. The number of nitrogens with zero attached hydrogens (tertiary/aromatic N) is 4. The fraction of sp³-hybridized carbons (Fsp3) is 0.158. The van der Waals surface area contributed by atoms with Gasteiger partial charge in [-0.15, -0.1) is 15.3 Å². The second-order valence-electron chi connectivity index (χ2n) is 5.83. The normalized spacial score (nSPS) is 10.9. The van der Waals surface area contributed by atoms with Crippen molar-refractivity contribution in [3.8, 4) is 34.3 Å². The van der Waals surface area contributed by atoms with Gasteiger partial charge in [-0.25, -0.2) is 4.98 Å². The molecule has 8 nitrogen and oxygen atoms in total. The second-order valence-corrected chi connectivity index (χ2v) is 7.21. The number of halogens is 1. The van der Waals surface area contributed by atoms with Crippen LogP contribution >= 0.6 is 23.4 Å². The van der Waals surface area contributed by atoms with E-state index in [2.05, 4.69) is 25.4 Å². The molecule has 0 fully saturated rings. The molecule has 4 rings (SSSR count). The predicted molar refractivity (Wildman–Crippen MR) is 109 cm³/mol. The number of methoxy groups -OCH3 is 2. The van der Waals surface area contributed by atoms with E-state index in [0.717, 1.165) is 16.9 Å². The van der Waals surface area contributed by atoms with Gasteiger partial charge in [0.15, 0.2) is 5.82 Å². The number of thioether (sulfide) groups is 1. The van der Waals surface area contributed by atoms with Gasteiger partial charge >= 0.3 is 0 Å². The van der Waals surface area contributed by atoms with Crippen LogP contribution in [0.25, 0.3) is 22.8 Å². The molecule has 0 radical (unpaired) electrons. The summed E-state index contributed by atoms with van der Waals surface area (Å²) in [5.74, 6) is 3.28. The maximum absolute atomic E-state index is 6.09. The van der Waals surface area contributed by atoms with Gasteiger partial charge in [0.25, 0.3) is 0 Å². The molecule has 29 heavy (non-hydrogen) atoms. The first-order chi connectivity index (χ1) is 14.2. The van der Waals surface area contributed by atoms with Crippen LogP contribution in [0.3, 0.4) is 0 Å². The Morgan fingerprint density at radius 1 is 1.10 bits per heavy atom. The van der Waals surface area contributed by atoms with Crippen molar-refractivity contribution in [3.05, 3.63) is 53.4 Å². The molecule has 10 heteroatoms. The van der Waals surface area contributed by atoms with Crippen LogP contribution in [0.15, 0.2) is 52.0 Å². The van der Waals surface area contributed by atoms with Crippen molar-refractivity contribution in [3.63, 3.8) is 0 Å². The molecule has 1 N–H and O–H groups in total. The Labute approximate surface area is 175 Å². The molecule has 0 atom stereocenters. The monoisotopic (exact) mass is 429 g/mol. The summed E-state index contributed by atoms with van der Waals surface area (Å²) in [4.78, 5) is 4.48. The molecule has 0 amide bonds. The fourth-order valence-corrected chi connectivity index (χ4v) is 3.42. The average Bonchev–Trinajstić information content (AvgIpc) is 3.42. The molecule has 0 saturated heterocycles. The van der Waals surface area contributed by atoms with Gasteiger partial charge in [-0.1, -0.05) is 29.4 Å². The third-order valence-corrected chi connectivity index (χ3v) is 5.06. The van der Waals surface area contributed by atoms with Crippen LogP contribution in [0.5, 0.6) is 11.5 Å². The molecule has 0 unspecified atom stereocenters. The highest BCUT2D eigenvalue weighted by atomic mass is 35.5. The van der Waals surface area contributed by atoms with Gasteiger partial charge in [-0.05, 0) is 36.4 Å². The zero-order valence-electron chi connectivity index (χ0n) is 15.5. The van der Waals surface area contributed by atoms with E-state index in [0.29, 0.717) is 39.3 Å². The number of benzene rings is 2. The van der Waals surface area contributed by atoms with Gasteiger partial charge in [-0.3, -0.25) is 5.10 Å². The summed E-state index contributed by atoms with van der Waals surface area (Å²) in [6.07, 6.45) is 0. The van der Waals surface area contributed by atoms with E-state index < -0.39 is 0 Å². The van der Waals surface area contributed by atoms with Crippen molar-refractivity contribution in [2.24, 2.45) is 0 Å². The van der Waals surface area contributed by atoms with E-state index in [1.807, 2.05) is 24.3 Å². The summed E-state index contributed by atoms with van der Waals surface area (Å²) in [6.45, 7) is 0. The van der Waals surface area contributed by atoms with E-state index in [9.17, 15) is 0 Å². The van der Waals surface area contributed by atoms with E-state index >= 15 is 0 Å². The van der Waals surface area contributed by atoms with Gasteiger partial charge in [0.05, 0.1) is 25.5 Å². The molecule has 0 aliphatic heterocycles. The summed E-state index contributed by atoms with van der Waals surface area (Å²) < 4.78 is 16.3. The van der Waals surface area contributed by atoms with Gasteiger partial charge in [0, 0.05) is 10.6 Å². The highest BCUT2D eigenvalue weighted by Crippen LogP contribution is 2.31. The van der Waals surface area contributed by atoms with Crippen LogP contribution in [0.1, 0.15) is 5.89 Å². The number of hydrogen-bond acceptors (Lipinski definition) is 8. The number of H-pyrrole nitrogens is 1. The van der Waals surface area contributed by atoms with Crippen molar-refractivity contribution < 1.29 is 13.9 Å². The Balaban J connectivity index is 1.46. The van der Waals surface area contributed by atoms with Gasteiger partial charge in [-0.2, -0.15) is 0 Å². The summed E-state index contributed by atoms with van der Waals surface area (Å²) in [5, 5.41) is 16.4. The van der Waals surface area contributed by atoms with Crippen LogP contribution < -0.4 is 9.47 Å². The van der Waals surface area contributed by atoms with Gasteiger partial charge in [0.2, 0.25) is 16.9 Å². The van der Waals surface area contributed by atoms with Crippen molar-refractivity contribution >= 4 is 23.4 Å². The molecule has 2 heterocycles. The van der Waals surface area contributed by atoms with Crippen molar-refractivity contribution in [1.82, 2.24) is 25.4 Å². The maximum atomic E-state index is 6.09. The first-order valence-corrected chi connectivity index (χ1v) is 9.88. The third kappa shape index (κ3) is 4.36. The summed E-state index contributed by atoms with van der Waals surface area (Å²) in [5.41, 5.74) is 1.53. The molecule has 148 valence electrons. The summed E-state index contributed by atoms with van der Waals surface area (Å²) >= 11 is 7.46. The minimum absolute atomic E-state index is 0.429. The molecule has 0 aliphatic carbocycles. The van der Waals surface area contributed by atoms with Crippen LogP contribution in [-0.4, -0.2) is 39.6 Å². The third-order valence-electron chi connectivity index (χ3n) is 3.99. The number of aromatic nitrogens is 5. The standard InChI is InChI=1S/C19H16ClN5O3S/c1-26-13-5-3-4-11(8-13)18-24-22-16(28-18)10-29-19-21-17(23-25-19)14-9-12(20)6-7-15(14)27-2/h3-9H,10H2,1-2H3,(H,21,23,25). The molecular formula is C19H16ClN5O3S. The SMILES string of the molecule is COc1cccc(-c2nnc(CSc3n[nH]c(-c4cc(Cl)ccc4OC)n3)o2)c1. The lowest BCUT2D eigenvalue weighted by Crippen LogP contribution is -1.89. The van der Waals surface area contributed by atoms with Crippen LogP contribution in [0.4, 0.5) is 0 Å². The number of rotatable bonds is 7. The molecular weight excluding hydrogens is 414 g/mol. The zero-order valence-corrected chi connectivity index (χ0v) is 17.1. The van der Waals surface area contributed by atoms with E-state index in [1.165, 1.54) is 11.8 Å². The molecule has 0 bridgehead atoms. The van der Waals surface area contributed by atoms with E-state index in [4.69, 9.17) is 25.5 Å². The molecule has 0 aliphatic rings. The van der Waals surface area contributed by atoms with Crippen LogP contribution in [0.2, 0.25) is 5.02 Å². The zero-order chi connectivity index (χ0) is 20.2. The summed E-state index contributed by atoms with van der Waals surface area (Å²) in [6, 6.07) is 12.8. The van der Waals surface area contributed by atoms with E-state index in [1.54, 1.807) is 32.4 Å². The number of hydrogen-bond donors (Lipinski definition) is 1. The number of ether oxygens (including phenoxy) is 2. The first-order valence-electron chi connectivity index (χ1n) is 8.52. The Kier molecular flexibility index (Phi) is 5.68. The average molecular weight is 430 g/mol. The lowest BCUT2D eigenvalue weighted by Gasteiger charge is -2.05. The quantitative estimate of drug-likeness (QED) is 0.429. The minimum Gasteiger partial charge on any atom is -0.497 e. The smallest absolute Gasteiger partial charge is 0.247 e. The summed E-state index contributed by atoms with van der Waals surface area (Å²) in [7, 11) is 3.20. The van der Waals surface area contributed by atoms with Crippen LogP contribution in [-0.2, 0) is 5.75 Å². The Morgan fingerprint density at radius 3 is 2.83 bits per heavy atom. The topological polar surface area (TPSA) is 99.0 Å². The largest absolute Gasteiger partial charge is 0.497 e. The second kappa shape index (κ2) is 8.54. The first kappa shape index (κ1) is 19.3. The molecule has 4 aromatic rings. The predicted octanol–water partition coefficient (Wildman–Crippen LogP) is 4.48. The minimum atomic E-state index is 0.429. The van der Waals surface area contributed by atoms with E-state index in [-0.39, 0.29) is 0 Å². The molecule has 0 saturated carbocycles. The lowest BCUT2D eigenvalue weighted by molar-refractivity contribution is 0.414. The number of nitrogens with one attached hydrogen (secondary N) is 1. The molecule has 2 aromatic heterocycles. The van der Waals surface area contributed by atoms with Crippen molar-refractivity contribution in [2.75, 3.05) is 14.2 Å². The Bertz CT molecular complexity index is 1130. The van der Waals surface area contributed by atoms with Crippen molar-refractivity contribution in [2.45, 2.75) is 10.9 Å².